The van der Waals surface area contributed by atoms with Crippen LogP contribution in [0.5, 0.6) is 0 Å². The molecule has 0 bridgehead atoms. The molecule has 1 fully saturated rings. The molecular weight excluding hydrogens is 526 g/mol. The number of fused-ring (bicyclic) bond motifs is 1. The summed E-state index contributed by atoms with van der Waals surface area (Å²) in [5.74, 6) is -0.241. The molecular formula is C30H33N5O4S. The zero-order valence-corrected chi connectivity index (χ0v) is 23.4. The minimum absolute atomic E-state index is 0.135. The van der Waals surface area contributed by atoms with Crippen LogP contribution in [0.15, 0.2) is 59.4 Å². The number of aliphatic hydroxyl groups is 1. The van der Waals surface area contributed by atoms with E-state index in [1.54, 1.807) is 27.6 Å². The second-order valence-corrected chi connectivity index (χ2v) is 11.2. The van der Waals surface area contributed by atoms with E-state index < -0.39 is 6.04 Å². The lowest BCUT2D eigenvalue weighted by molar-refractivity contribution is -0.117. The summed E-state index contributed by atoms with van der Waals surface area (Å²) in [7, 11) is 0. The third-order valence-corrected chi connectivity index (χ3v) is 7.67. The van der Waals surface area contributed by atoms with Crippen molar-refractivity contribution < 1.29 is 19.5 Å². The van der Waals surface area contributed by atoms with Crippen LogP contribution in [-0.4, -0.2) is 51.4 Å². The average Bonchev–Trinajstić information content (AvgIpc) is 3.70. The van der Waals surface area contributed by atoms with Crippen LogP contribution in [0.3, 0.4) is 0 Å². The van der Waals surface area contributed by atoms with Gasteiger partial charge < -0.3 is 20.6 Å². The van der Waals surface area contributed by atoms with E-state index in [9.17, 15) is 19.5 Å². The maximum absolute atomic E-state index is 13.5. The number of imidazole rings is 1. The molecule has 10 heteroatoms. The Morgan fingerprint density at radius 2 is 1.93 bits per heavy atom. The minimum atomic E-state index is -0.394. The van der Waals surface area contributed by atoms with E-state index in [4.69, 9.17) is 4.98 Å². The van der Waals surface area contributed by atoms with E-state index in [0.29, 0.717) is 47.9 Å². The Morgan fingerprint density at radius 3 is 2.58 bits per heavy atom. The first kappa shape index (κ1) is 27.5. The zero-order chi connectivity index (χ0) is 28.2. The number of benzene rings is 1. The molecule has 208 valence electrons. The number of aromatic nitrogens is 2. The van der Waals surface area contributed by atoms with Gasteiger partial charge in [-0.3, -0.25) is 18.8 Å². The molecule has 4 heterocycles. The SMILES string of the molecule is CC(C)C[C@@H](CO)NC(=O)c1c(-c2ccsc2)nc2c(C(=O)NCc3ccc(N4CCCC4=O)cc3)cccn12. The van der Waals surface area contributed by atoms with Crippen molar-refractivity contribution in [1.82, 2.24) is 20.0 Å². The van der Waals surface area contributed by atoms with E-state index in [1.165, 1.54) is 11.3 Å². The Balaban J connectivity index is 1.39. The van der Waals surface area contributed by atoms with Gasteiger partial charge in [0.1, 0.15) is 11.4 Å². The molecule has 0 unspecified atom stereocenters. The highest BCUT2D eigenvalue weighted by Gasteiger charge is 2.26. The zero-order valence-electron chi connectivity index (χ0n) is 22.6. The van der Waals surface area contributed by atoms with Crippen LogP contribution < -0.4 is 15.5 Å². The summed E-state index contributed by atoms with van der Waals surface area (Å²) in [6, 6.07) is 12.5. The fraction of sp³-hybridized carbons (Fsp3) is 0.333. The van der Waals surface area contributed by atoms with Gasteiger partial charge in [-0.05, 0) is 60.0 Å². The van der Waals surface area contributed by atoms with Gasteiger partial charge in [0.2, 0.25) is 5.91 Å². The summed E-state index contributed by atoms with van der Waals surface area (Å²) in [5.41, 5.74) is 4.06. The van der Waals surface area contributed by atoms with Gasteiger partial charge in [-0.25, -0.2) is 4.98 Å². The smallest absolute Gasteiger partial charge is 0.270 e. The Kier molecular flexibility index (Phi) is 8.27. The second-order valence-electron chi connectivity index (χ2n) is 10.4. The van der Waals surface area contributed by atoms with Gasteiger partial charge in [0.15, 0.2) is 5.65 Å². The molecule has 1 aliphatic rings. The Labute approximate surface area is 236 Å². The standard InChI is InChI=1S/C30H33N5O4S/c1-19(2)15-22(17-36)32-30(39)27-26(21-11-14-40-18-21)33-28-24(5-3-13-35(27)28)29(38)31-16-20-7-9-23(10-8-20)34-12-4-6-25(34)37/h3,5,7-11,13-14,18-19,22,36H,4,6,12,15-17H2,1-2H3,(H,31,38)(H,32,39)/t22-/m0/s1. The Morgan fingerprint density at radius 1 is 1.12 bits per heavy atom. The van der Waals surface area contributed by atoms with Gasteiger partial charge in [0, 0.05) is 42.3 Å². The van der Waals surface area contributed by atoms with Gasteiger partial charge in [-0.1, -0.05) is 26.0 Å². The van der Waals surface area contributed by atoms with Crippen LogP contribution in [0.2, 0.25) is 0 Å². The van der Waals surface area contributed by atoms with E-state index >= 15 is 0 Å². The Bertz CT molecular complexity index is 1510. The topological polar surface area (TPSA) is 116 Å². The summed E-state index contributed by atoms with van der Waals surface area (Å²) in [5, 5.41) is 19.6. The van der Waals surface area contributed by atoms with Crippen LogP contribution in [0.4, 0.5) is 5.69 Å². The van der Waals surface area contributed by atoms with Crippen molar-refractivity contribution in [2.45, 2.75) is 45.7 Å². The second kappa shape index (κ2) is 12.0. The third-order valence-electron chi connectivity index (χ3n) is 6.99. The molecule has 3 aromatic heterocycles. The van der Waals surface area contributed by atoms with Crippen LogP contribution in [0.1, 0.15) is 59.5 Å². The van der Waals surface area contributed by atoms with Gasteiger partial charge in [0.25, 0.3) is 11.8 Å². The highest BCUT2D eigenvalue weighted by Crippen LogP contribution is 2.28. The number of aliphatic hydroxyl groups excluding tert-OH is 1. The first-order chi connectivity index (χ1) is 19.4. The molecule has 3 amide bonds. The largest absolute Gasteiger partial charge is 0.394 e. The van der Waals surface area contributed by atoms with Crippen molar-refractivity contribution in [3.63, 3.8) is 0 Å². The van der Waals surface area contributed by atoms with Crippen LogP contribution in [0.25, 0.3) is 16.9 Å². The number of hydrogen-bond donors (Lipinski definition) is 3. The number of anilines is 1. The monoisotopic (exact) mass is 559 g/mol. The number of nitrogens with one attached hydrogen (secondary N) is 2. The highest BCUT2D eigenvalue weighted by atomic mass is 32.1. The molecule has 0 saturated carbocycles. The first-order valence-corrected chi connectivity index (χ1v) is 14.4. The fourth-order valence-corrected chi connectivity index (χ4v) is 5.70. The maximum atomic E-state index is 13.5. The molecule has 1 aromatic carbocycles. The number of hydrogen-bond acceptors (Lipinski definition) is 6. The molecule has 9 nitrogen and oxygen atoms in total. The molecule has 0 spiro atoms. The summed E-state index contributed by atoms with van der Waals surface area (Å²) in [6.45, 7) is 4.93. The molecule has 1 aliphatic heterocycles. The number of carbonyl (C=O) groups excluding carboxylic acids is 3. The molecule has 1 atom stereocenters. The summed E-state index contributed by atoms with van der Waals surface area (Å²) in [4.78, 5) is 45.4. The van der Waals surface area contributed by atoms with Crippen molar-refractivity contribution in [1.29, 1.82) is 0 Å². The molecule has 5 rings (SSSR count). The lowest BCUT2D eigenvalue weighted by Gasteiger charge is -2.18. The number of amides is 3. The normalized spacial score (nSPS) is 14.2. The summed E-state index contributed by atoms with van der Waals surface area (Å²) in [6.07, 6.45) is 3.80. The molecule has 1 saturated heterocycles. The molecule has 3 N–H and O–H groups in total. The molecule has 4 aromatic rings. The van der Waals surface area contributed by atoms with Gasteiger partial charge in [-0.2, -0.15) is 11.3 Å². The number of rotatable bonds is 10. The molecule has 0 radical (unpaired) electrons. The number of thiophene rings is 1. The van der Waals surface area contributed by atoms with E-state index in [2.05, 4.69) is 10.6 Å². The first-order valence-electron chi connectivity index (χ1n) is 13.5. The van der Waals surface area contributed by atoms with Gasteiger partial charge in [0.05, 0.1) is 18.2 Å². The van der Waals surface area contributed by atoms with E-state index in [1.807, 2.05) is 54.9 Å². The van der Waals surface area contributed by atoms with Crippen LogP contribution in [0, 0.1) is 5.92 Å². The third kappa shape index (κ3) is 5.78. The summed E-state index contributed by atoms with van der Waals surface area (Å²) >= 11 is 1.49. The summed E-state index contributed by atoms with van der Waals surface area (Å²) < 4.78 is 1.64. The predicted octanol–water partition coefficient (Wildman–Crippen LogP) is 4.26. The van der Waals surface area contributed by atoms with Crippen molar-refractivity contribution in [2.75, 3.05) is 18.1 Å². The lowest BCUT2D eigenvalue weighted by atomic mass is 10.0. The van der Waals surface area contributed by atoms with Crippen molar-refractivity contribution >= 4 is 40.4 Å². The van der Waals surface area contributed by atoms with E-state index in [-0.39, 0.29) is 24.3 Å². The molecule has 0 aliphatic carbocycles. The molecule has 40 heavy (non-hydrogen) atoms. The van der Waals surface area contributed by atoms with Crippen LogP contribution >= 0.6 is 11.3 Å². The van der Waals surface area contributed by atoms with Crippen molar-refractivity contribution in [3.05, 3.63) is 76.2 Å². The number of pyridine rings is 1. The van der Waals surface area contributed by atoms with Crippen molar-refractivity contribution in [2.24, 2.45) is 5.92 Å². The Hall–Kier alpha value is -4.02. The predicted molar refractivity (Wildman–Crippen MR) is 155 cm³/mol. The van der Waals surface area contributed by atoms with E-state index in [0.717, 1.165) is 29.8 Å². The number of nitrogens with zero attached hydrogens (tertiary/aromatic N) is 3. The minimum Gasteiger partial charge on any atom is -0.394 e. The lowest BCUT2D eigenvalue weighted by Crippen LogP contribution is -2.39. The van der Waals surface area contributed by atoms with Crippen molar-refractivity contribution in [3.8, 4) is 11.3 Å². The average molecular weight is 560 g/mol. The fourth-order valence-electron chi connectivity index (χ4n) is 5.06. The quantitative estimate of drug-likeness (QED) is 0.269. The highest BCUT2D eigenvalue weighted by molar-refractivity contribution is 7.08. The van der Waals surface area contributed by atoms with Crippen LogP contribution in [-0.2, 0) is 11.3 Å². The maximum Gasteiger partial charge on any atom is 0.270 e. The van der Waals surface area contributed by atoms with Gasteiger partial charge in [-0.15, -0.1) is 0 Å². The number of carbonyl (C=O) groups is 3. The van der Waals surface area contributed by atoms with Gasteiger partial charge >= 0.3 is 0 Å².